The number of rotatable bonds is 5. The molecular formula is C17H21N3S. The lowest BCUT2D eigenvalue weighted by atomic mass is 9.91. The fourth-order valence-corrected chi connectivity index (χ4v) is 4.34. The molecule has 2 aliphatic rings. The Morgan fingerprint density at radius 2 is 2.24 bits per heavy atom. The molecule has 21 heavy (non-hydrogen) atoms. The van der Waals surface area contributed by atoms with Crippen LogP contribution >= 0.6 is 11.3 Å². The number of hydrogen-bond donors (Lipinski definition) is 1. The SMILES string of the molecule is c1cncc(Cc2nc3c(s2)CCCC3CNC2CC2)c1. The number of aromatic nitrogens is 2. The van der Waals surface area contributed by atoms with Gasteiger partial charge in [-0.3, -0.25) is 4.98 Å². The van der Waals surface area contributed by atoms with E-state index in [4.69, 9.17) is 4.98 Å². The van der Waals surface area contributed by atoms with E-state index >= 15 is 0 Å². The van der Waals surface area contributed by atoms with Crippen LogP contribution in [0.15, 0.2) is 24.5 Å². The summed E-state index contributed by atoms with van der Waals surface area (Å²) in [6.07, 6.45) is 11.3. The number of nitrogens with one attached hydrogen (secondary N) is 1. The molecule has 0 spiro atoms. The third kappa shape index (κ3) is 3.16. The summed E-state index contributed by atoms with van der Waals surface area (Å²) in [6, 6.07) is 4.94. The van der Waals surface area contributed by atoms with Crippen molar-refractivity contribution in [2.24, 2.45) is 0 Å². The number of thiazole rings is 1. The van der Waals surface area contributed by atoms with Crippen LogP contribution in [-0.4, -0.2) is 22.6 Å². The standard InChI is InChI=1S/C17H21N3S/c1-4-13(11-19-14-6-7-14)17-15(5-1)21-16(20-17)9-12-3-2-8-18-10-12/h2-3,8,10,13-14,19H,1,4-7,9,11H2. The van der Waals surface area contributed by atoms with Crippen LogP contribution in [0.1, 0.15) is 52.7 Å². The lowest BCUT2D eigenvalue weighted by molar-refractivity contribution is 0.500. The molecule has 0 aliphatic heterocycles. The van der Waals surface area contributed by atoms with Crippen molar-refractivity contribution in [2.45, 2.75) is 50.5 Å². The molecule has 110 valence electrons. The second-order valence-corrected chi connectivity index (χ2v) is 7.39. The van der Waals surface area contributed by atoms with Crippen molar-refractivity contribution in [1.29, 1.82) is 0 Å². The molecule has 1 saturated carbocycles. The molecular weight excluding hydrogens is 278 g/mol. The Hall–Kier alpha value is -1.26. The van der Waals surface area contributed by atoms with Gasteiger partial charge in [0.2, 0.25) is 0 Å². The molecule has 3 nitrogen and oxygen atoms in total. The molecule has 1 unspecified atom stereocenters. The van der Waals surface area contributed by atoms with Gasteiger partial charge in [-0.1, -0.05) is 6.07 Å². The van der Waals surface area contributed by atoms with E-state index in [0.717, 1.165) is 19.0 Å². The summed E-state index contributed by atoms with van der Waals surface area (Å²) >= 11 is 1.92. The second-order valence-electron chi connectivity index (χ2n) is 6.23. The van der Waals surface area contributed by atoms with Gasteiger partial charge < -0.3 is 5.32 Å². The molecule has 2 aliphatic carbocycles. The average molecular weight is 299 g/mol. The van der Waals surface area contributed by atoms with Gasteiger partial charge in [0.25, 0.3) is 0 Å². The largest absolute Gasteiger partial charge is 0.313 e. The van der Waals surface area contributed by atoms with Crippen molar-refractivity contribution in [3.8, 4) is 0 Å². The smallest absolute Gasteiger partial charge is 0.0975 e. The van der Waals surface area contributed by atoms with Gasteiger partial charge in [-0.05, 0) is 43.7 Å². The maximum absolute atomic E-state index is 4.98. The molecule has 1 N–H and O–H groups in total. The maximum Gasteiger partial charge on any atom is 0.0975 e. The highest BCUT2D eigenvalue weighted by Gasteiger charge is 2.27. The molecule has 0 radical (unpaired) electrons. The lowest BCUT2D eigenvalue weighted by Gasteiger charge is -2.21. The Balaban J connectivity index is 1.50. The fraction of sp³-hybridized carbons (Fsp3) is 0.529. The van der Waals surface area contributed by atoms with Crippen LogP contribution in [0, 0.1) is 0 Å². The van der Waals surface area contributed by atoms with E-state index in [9.17, 15) is 0 Å². The van der Waals surface area contributed by atoms with Crippen molar-refractivity contribution in [3.63, 3.8) is 0 Å². The van der Waals surface area contributed by atoms with Gasteiger partial charge in [-0.15, -0.1) is 11.3 Å². The molecule has 0 bridgehead atoms. The predicted molar refractivity (Wildman–Crippen MR) is 85.9 cm³/mol. The van der Waals surface area contributed by atoms with E-state index in [2.05, 4.69) is 16.4 Å². The van der Waals surface area contributed by atoms with Gasteiger partial charge in [0.05, 0.1) is 10.7 Å². The zero-order chi connectivity index (χ0) is 14.1. The average Bonchev–Trinajstić information content (AvgIpc) is 3.25. The van der Waals surface area contributed by atoms with Crippen LogP contribution in [0.4, 0.5) is 0 Å². The van der Waals surface area contributed by atoms with Gasteiger partial charge in [0.15, 0.2) is 0 Å². The number of hydrogen-bond acceptors (Lipinski definition) is 4. The maximum atomic E-state index is 4.98. The summed E-state index contributed by atoms with van der Waals surface area (Å²) < 4.78 is 0. The summed E-state index contributed by atoms with van der Waals surface area (Å²) in [5.41, 5.74) is 2.65. The molecule has 0 amide bonds. The highest BCUT2D eigenvalue weighted by Crippen LogP contribution is 2.35. The van der Waals surface area contributed by atoms with Crippen molar-refractivity contribution >= 4 is 11.3 Å². The van der Waals surface area contributed by atoms with Gasteiger partial charge in [0, 0.05) is 42.2 Å². The zero-order valence-corrected chi connectivity index (χ0v) is 13.0. The molecule has 1 atom stereocenters. The first kappa shape index (κ1) is 13.4. The minimum absolute atomic E-state index is 0.633. The Morgan fingerprint density at radius 3 is 3.05 bits per heavy atom. The van der Waals surface area contributed by atoms with E-state index < -0.39 is 0 Å². The van der Waals surface area contributed by atoms with Crippen molar-refractivity contribution in [2.75, 3.05) is 6.54 Å². The second kappa shape index (κ2) is 5.85. The number of fused-ring (bicyclic) bond motifs is 1. The molecule has 0 saturated heterocycles. The molecule has 2 heterocycles. The molecule has 2 aromatic heterocycles. The third-order valence-electron chi connectivity index (χ3n) is 4.42. The lowest BCUT2D eigenvalue weighted by Crippen LogP contribution is -2.25. The van der Waals surface area contributed by atoms with Crippen LogP contribution in [0.5, 0.6) is 0 Å². The van der Waals surface area contributed by atoms with Gasteiger partial charge in [-0.2, -0.15) is 0 Å². The van der Waals surface area contributed by atoms with Crippen LogP contribution in [0.25, 0.3) is 0 Å². The van der Waals surface area contributed by atoms with E-state index in [-0.39, 0.29) is 0 Å². The van der Waals surface area contributed by atoms with Gasteiger partial charge in [0.1, 0.15) is 0 Å². The van der Waals surface area contributed by atoms with Gasteiger partial charge in [-0.25, -0.2) is 4.98 Å². The molecule has 4 rings (SSSR count). The minimum Gasteiger partial charge on any atom is -0.313 e. The summed E-state index contributed by atoms with van der Waals surface area (Å²) in [6.45, 7) is 1.12. The Labute approximate surface area is 129 Å². The molecule has 4 heteroatoms. The monoisotopic (exact) mass is 299 g/mol. The van der Waals surface area contributed by atoms with Crippen LogP contribution in [0.2, 0.25) is 0 Å². The van der Waals surface area contributed by atoms with Crippen molar-refractivity contribution in [1.82, 2.24) is 15.3 Å². The highest BCUT2D eigenvalue weighted by atomic mass is 32.1. The van der Waals surface area contributed by atoms with Crippen LogP contribution < -0.4 is 5.32 Å². The van der Waals surface area contributed by atoms with Crippen molar-refractivity contribution < 1.29 is 0 Å². The first-order valence-electron chi connectivity index (χ1n) is 7.99. The van der Waals surface area contributed by atoms with E-state index in [1.165, 1.54) is 53.2 Å². The Bertz CT molecular complexity index is 604. The Morgan fingerprint density at radius 1 is 1.29 bits per heavy atom. The summed E-state index contributed by atoms with van der Waals surface area (Å²) in [5.74, 6) is 0.633. The first-order chi connectivity index (χ1) is 10.4. The summed E-state index contributed by atoms with van der Waals surface area (Å²) in [5, 5.41) is 4.94. The van der Waals surface area contributed by atoms with E-state index in [0.29, 0.717) is 5.92 Å². The summed E-state index contributed by atoms with van der Waals surface area (Å²) in [7, 11) is 0. The predicted octanol–water partition coefficient (Wildman–Crippen LogP) is 3.30. The van der Waals surface area contributed by atoms with Crippen molar-refractivity contribution in [3.05, 3.63) is 45.7 Å². The highest BCUT2D eigenvalue weighted by molar-refractivity contribution is 7.11. The van der Waals surface area contributed by atoms with Gasteiger partial charge >= 0.3 is 0 Å². The first-order valence-corrected chi connectivity index (χ1v) is 8.81. The normalized spacial score (nSPS) is 21.2. The zero-order valence-electron chi connectivity index (χ0n) is 12.2. The molecule has 0 aromatic carbocycles. The minimum atomic E-state index is 0.633. The topological polar surface area (TPSA) is 37.8 Å². The third-order valence-corrected chi connectivity index (χ3v) is 5.55. The fourth-order valence-electron chi connectivity index (χ4n) is 3.11. The summed E-state index contributed by atoms with van der Waals surface area (Å²) in [4.78, 5) is 10.7. The number of nitrogens with zero attached hydrogens (tertiary/aromatic N) is 2. The quantitative estimate of drug-likeness (QED) is 0.920. The van der Waals surface area contributed by atoms with E-state index in [1.807, 2.05) is 29.8 Å². The number of aryl methyl sites for hydroxylation is 1. The van der Waals surface area contributed by atoms with Crippen LogP contribution in [-0.2, 0) is 12.8 Å². The molecule has 1 fully saturated rings. The Kier molecular flexibility index (Phi) is 3.74. The van der Waals surface area contributed by atoms with Crippen LogP contribution in [0.3, 0.4) is 0 Å². The number of pyridine rings is 1. The molecule has 2 aromatic rings. The van der Waals surface area contributed by atoms with E-state index in [1.54, 1.807) is 0 Å².